The summed E-state index contributed by atoms with van der Waals surface area (Å²) >= 11 is 0. The molecule has 2 atom stereocenters. The van der Waals surface area contributed by atoms with Gasteiger partial charge in [-0.05, 0) is 57.1 Å². The molecule has 1 aromatic rings. The third-order valence-corrected chi connectivity index (χ3v) is 4.56. The fraction of sp³-hybridized carbons (Fsp3) is 0.625. The fourth-order valence-electron chi connectivity index (χ4n) is 2.98. The second kappa shape index (κ2) is 5.61. The van der Waals surface area contributed by atoms with Crippen molar-refractivity contribution in [2.45, 2.75) is 32.9 Å². The van der Waals surface area contributed by atoms with Crippen LogP contribution in [-0.2, 0) is 0 Å². The lowest BCUT2D eigenvalue weighted by atomic mass is 9.91. The van der Waals surface area contributed by atoms with Crippen LogP contribution in [0.1, 0.15) is 28.3 Å². The monoisotopic (exact) mass is 261 g/mol. The number of hydrogen-bond donors (Lipinski definition) is 1. The minimum absolute atomic E-state index is 0.0899. The molecule has 0 radical (unpaired) electrons. The number of rotatable bonds is 2. The normalized spacial score (nSPS) is 23.6. The van der Waals surface area contributed by atoms with Crippen LogP contribution in [-0.4, -0.2) is 49.6 Å². The minimum atomic E-state index is 0.0899. The molecule has 0 aromatic heterocycles. The average molecular weight is 261 g/mol. The van der Waals surface area contributed by atoms with Crippen molar-refractivity contribution < 1.29 is 0 Å². The van der Waals surface area contributed by atoms with E-state index < -0.39 is 0 Å². The van der Waals surface area contributed by atoms with Crippen molar-refractivity contribution in [3.05, 3.63) is 34.4 Å². The highest BCUT2D eigenvalue weighted by molar-refractivity contribution is 5.38. The first-order valence-electron chi connectivity index (χ1n) is 7.12. The van der Waals surface area contributed by atoms with Gasteiger partial charge in [-0.25, -0.2) is 0 Å². The molecular formula is C16H27N3. The quantitative estimate of drug-likeness (QED) is 0.882. The first-order chi connectivity index (χ1) is 8.90. The maximum atomic E-state index is 6.57. The highest BCUT2D eigenvalue weighted by atomic mass is 15.3. The highest BCUT2D eigenvalue weighted by Gasteiger charge is 2.29. The van der Waals surface area contributed by atoms with Gasteiger partial charge in [0.1, 0.15) is 0 Å². The summed E-state index contributed by atoms with van der Waals surface area (Å²) in [6.45, 7) is 9.78. The largest absolute Gasteiger partial charge is 0.323 e. The van der Waals surface area contributed by atoms with Gasteiger partial charge in [-0.15, -0.1) is 0 Å². The third-order valence-electron chi connectivity index (χ3n) is 4.56. The first-order valence-corrected chi connectivity index (χ1v) is 7.12. The molecular weight excluding hydrogens is 234 g/mol. The number of benzene rings is 1. The molecule has 3 heteroatoms. The van der Waals surface area contributed by atoms with Gasteiger partial charge in [0.25, 0.3) is 0 Å². The number of aryl methyl sites for hydroxylation is 3. The van der Waals surface area contributed by atoms with Crippen molar-refractivity contribution in [2.75, 3.05) is 33.7 Å². The van der Waals surface area contributed by atoms with Crippen LogP contribution in [0, 0.1) is 20.8 Å². The lowest BCUT2D eigenvalue weighted by Gasteiger charge is -2.41. The second-order valence-corrected chi connectivity index (χ2v) is 6.13. The molecule has 0 bridgehead atoms. The second-order valence-electron chi connectivity index (χ2n) is 6.13. The van der Waals surface area contributed by atoms with Gasteiger partial charge in [0, 0.05) is 31.7 Å². The molecule has 2 rings (SSSR count). The summed E-state index contributed by atoms with van der Waals surface area (Å²) in [7, 11) is 4.37. The van der Waals surface area contributed by atoms with Crippen molar-refractivity contribution in [3.8, 4) is 0 Å². The standard InChI is InChI=1S/C16H27N3/c1-11-8-13(3)14(9-12(11)2)16(17)15-10-18(4)6-7-19(15)5/h8-9,15-16H,6-7,10,17H2,1-5H3. The lowest BCUT2D eigenvalue weighted by molar-refractivity contribution is 0.0972. The Kier molecular flexibility index (Phi) is 4.29. The molecule has 2 N–H and O–H groups in total. The van der Waals surface area contributed by atoms with Crippen LogP contribution < -0.4 is 5.73 Å². The van der Waals surface area contributed by atoms with Crippen LogP contribution in [0.4, 0.5) is 0 Å². The van der Waals surface area contributed by atoms with Crippen molar-refractivity contribution in [1.82, 2.24) is 9.80 Å². The van der Waals surface area contributed by atoms with E-state index in [1.54, 1.807) is 0 Å². The Morgan fingerprint density at radius 3 is 2.37 bits per heavy atom. The topological polar surface area (TPSA) is 32.5 Å². The molecule has 3 nitrogen and oxygen atoms in total. The smallest absolute Gasteiger partial charge is 0.0468 e. The maximum absolute atomic E-state index is 6.57. The Morgan fingerprint density at radius 1 is 1.05 bits per heavy atom. The molecule has 1 aliphatic rings. The Morgan fingerprint density at radius 2 is 1.68 bits per heavy atom. The SMILES string of the molecule is Cc1cc(C)c(C(N)C2CN(C)CCN2C)cc1C. The van der Waals surface area contributed by atoms with Gasteiger partial charge in [-0.3, -0.25) is 4.90 Å². The van der Waals surface area contributed by atoms with E-state index in [4.69, 9.17) is 5.73 Å². The van der Waals surface area contributed by atoms with Gasteiger partial charge in [-0.2, -0.15) is 0 Å². The number of piperazine rings is 1. The first kappa shape index (κ1) is 14.5. The number of hydrogen-bond acceptors (Lipinski definition) is 3. The summed E-state index contributed by atoms with van der Waals surface area (Å²) in [6, 6.07) is 5.03. The van der Waals surface area contributed by atoms with E-state index in [0.29, 0.717) is 6.04 Å². The molecule has 1 heterocycles. The molecule has 106 valence electrons. The van der Waals surface area contributed by atoms with Crippen molar-refractivity contribution in [1.29, 1.82) is 0 Å². The molecule has 0 spiro atoms. The Balaban J connectivity index is 2.28. The van der Waals surface area contributed by atoms with Crippen LogP contribution in [0.3, 0.4) is 0 Å². The molecule has 0 amide bonds. The fourth-order valence-corrected chi connectivity index (χ4v) is 2.98. The summed E-state index contributed by atoms with van der Waals surface area (Å²) in [5, 5.41) is 0. The van der Waals surface area contributed by atoms with Gasteiger partial charge < -0.3 is 10.6 Å². The van der Waals surface area contributed by atoms with Crippen molar-refractivity contribution >= 4 is 0 Å². The third kappa shape index (κ3) is 2.99. The number of nitrogens with zero attached hydrogens (tertiary/aromatic N) is 2. The zero-order valence-corrected chi connectivity index (χ0v) is 12.9. The molecule has 0 aliphatic carbocycles. The van der Waals surface area contributed by atoms with Gasteiger partial charge >= 0.3 is 0 Å². The summed E-state index contributed by atoms with van der Waals surface area (Å²) in [5.74, 6) is 0. The van der Waals surface area contributed by atoms with Crippen LogP contribution in [0.25, 0.3) is 0 Å². The summed E-state index contributed by atoms with van der Waals surface area (Å²) in [6.07, 6.45) is 0. The predicted octanol–water partition coefficient (Wildman–Crippen LogP) is 1.86. The maximum Gasteiger partial charge on any atom is 0.0468 e. The Hall–Kier alpha value is -0.900. The minimum Gasteiger partial charge on any atom is -0.323 e. The van der Waals surface area contributed by atoms with E-state index in [1.165, 1.54) is 22.3 Å². The van der Waals surface area contributed by atoms with Crippen molar-refractivity contribution in [2.24, 2.45) is 5.73 Å². The molecule has 1 saturated heterocycles. The molecule has 19 heavy (non-hydrogen) atoms. The molecule has 1 fully saturated rings. The van der Waals surface area contributed by atoms with E-state index >= 15 is 0 Å². The van der Waals surface area contributed by atoms with Crippen LogP contribution in [0.15, 0.2) is 12.1 Å². The zero-order chi connectivity index (χ0) is 14.2. The van der Waals surface area contributed by atoms with Crippen LogP contribution >= 0.6 is 0 Å². The Labute approximate surface area is 117 Å². The highest BCUT2D eigenvalue weighted by Crippen LogP contribution is 2.26. The van der Waals surface area contributed by atoms with Crippen LogP contribution in [0.2, 0.25) is 0 Å². The van der Waals surface area contributed by atoms with Crippen molar-refractivity contribution in [3.63, 3.8) is 0 Å². The van der Waals surface area contributed by atoms with Gasteiger partial charge in [-0.1, -0.05) is 12.1 Å². The summed E-state index contributed by atoms with van der Waals surface area (Å²) in [4.78, 5) is 4.78. The predicted molar refractivity (Wildman–Crippen MR) is 81.5 cm³/mol. The molecule has 1 aromatic carbocycles. The Bertz CT molecular complexity index is 456. The lowest BCUT2D eigenvalue weighted by Crippen LogP contribution is -2.54. The van der Waals surface area contributed by atoms with E-state index in [1.807, 2.05) is 0 Å². The van der Waals surface area contributed by atoms with Gasteiger partial charge in [0.15, 0.2) is 0 Å². The number of likely N-dealkylation sites (N-methyl/N-ethyl adjacent to an activating group) is 2. The summed E-state index contributed by atoms with van der Waals surface area (Å²) < 4.78 is 0. The molecule has 1 aliphatic heterocycles. The molecule has 0 saturated carbocycles. The molecule has 2 unspecified atom stereocenters. The number of nitrogens with two attached hydrogens (primary N) is 1. The summed E-state index contributed by atoms with van der Waals surface area (Å²) in [5.41, 5.74) is 11.9. The zero-order valence-electron chi connectivity index (χ0n) is 12.9. The van der Waals surface area contributed by atoms with E-state index in [9.17, 15) is 0 Å². The van der Waals surface area contributed by atoms with E-state index in [-0.39, 0.29) is 6.04 Å². The van der Waals surface area contributed by atoms with E-state index in [2.05, 4.69) is 56.8 Å². The average Bonchev–Trinajstić information content (AvgIpc) is 2.36. The van der Waals surface area contributed by atoms with Gasteiger partial charge in [0.2, 0.25) is 0 Å². The van der Waals surface area contributed by atoms with Gasteiger partial charge in [0.05, 0.1) is 0 Å². The van der Waals surface area contributed by atoms with E-state index in [0.717, 1.165) is 19.6 Å². The van der Waals surface area contributed by atoms with Crippen LogP contribution in [0.5, 0.6) is 0 Å².